The zero-order valence-corrected chi connectivity index (χ0v) is 21.7. The molecule has 0 spiro atoms. The number of amides is 1. The van der Waals surface area contributed by atoms with Gasteiger partial charge in [-0.1, -0.05) is 47.1 Å². The fourth-order valence-electron chi connectivity index (χ4n) is 3.27. The van der Waals surface area contributed by atoms with Crippen molar-refractivity contribution in [3.63, 3.8) is 0 Å². The smallest absolute Gasteiger partial charge is 0.270 e. The Bertz CT molecular complexity index is 1550. The van der Waals surface area contributed by atoms with Gasteiger partial charge in [0.15, 0.2) is 5.16 Å². The maximum atomic E-state index is 12.5. The molecule has 1 amide bonds. The molecule has 0 saturated heterocycles. The lowest BCUT2D eigenvalue weighted by molar-refractivity contribution is 0.102. The number of hydrogen-bond acceptors (Lipinski definition) is 8. The number of aromatic nitrogens is 5. The minimum Gasteiger partial charge on any atom is -0.497 e. The van der Waals surface area contributed by atoms with Gasteiger partial charge in [0, 0.05) is 23.4 Å². The first-order valence-corrected chi connectivity index (χ1v) is 12.6. The van der Waals surface area contributed by atoms with E-state index in [1.165, 1.54) is 30.2 Å². The molecular formula is C24H19Cl2N7O3S. The number of nitrogens with one attached hydrogen (secondary N) is 2. The van der Waals surface area contributed by atoms with E-state index in [9.17, 15) is 14.9 Å². The Morgan fingerprint density at radius 3 is 2.84 bits per heavy atom. The summed E-state index contributed by atoms with van der Waals surface area (Å²) >= 11 is 13.2. The average molecular weight is 556 g/mol. The van der Waals surface area contributed by atoms with Crippen LogP contribution in [0.2, 0.25) is 10.0 Å². The van der Waals surface area contributed by atoms with E-state index in [2.05, 4.69) is 25.4 Å². The maximum Gasteiger partial charge on any atom is 0.270 e. The lowest BCUT2D eigenvalue weighted by Crippen LogP contribution is -2.15. The zero-order chi connectivity index (χ0) is 26.4. The molecule has 10 nitrogen and oxygen atoms in total. The third-order valence-electron chi connectivity index (χ3n) is 5.07. The van der Waals surface area contributed by atoms with Gasteiger partial charge in [-0.05, 0) is 36.8 Å². The van der Waals surface area contributed by atoms with Crippen molar-refractivity contribution in [2.45, 2.75) is 18.1 Å². The van der Waals surface area contributed by atoms with E-state index in [-0.39, 0.29) is 16.5 Å². The second-order valence-electron chi connectivity index (χ2n) is 7.55. The largest absolute Gasteiger partial charge is 0.497 e. The van der Waals surface area contributed by atoms with E-state index in [1.54, 1.807) is 42.1 Å². The van der Waals surface area contributed by atoms with Crippen molar-refractivity contribution >= 4 is 46.8 Å². The Kier molecular flexibility index (Phi) is 8.45. The lowest BCUT2D eigenvalue weighted by Gasteiger charge is -2.08. The van der Waals surface area contributed by atoms with Crippen LogP contribution in [0.4, 0.5) is 5.95 Å². The Hall–Kier alpha value is -3.85. The Morgan fingerprint density at radius 2 is 2.08 bits per heavy atom. The first kappa shape index (κ1) is 26.2. The van der Waals surface area contributed by atoms with Gasteiger partial charge in [-0.25, -0.2) is 9.97 Å². The summed E-state index contributed by atoms with van der Waals surface area (Å²) in [4.78, 5) is 36.1. The minimum absolute atomic E-state index is 0.0596. The number of carbonyl (C=O) groups is 1. The number of anilines is 1. The second-order valence-corrected chi connectivity index (χ2v) is 9.45. The zero-order valence-electron chi connectivity index (χ0n) is 19.4. The number of rotatable bonds is 9. The number of ether oxygens (including phenoxy) is 1. The van der Waals surface area contributed by atoms with Gasteiger partial charge in [0.25, 0.3) is 11.5 Å². The van der Waals surface area contributed by atoms with Crippen LogP contribution in [0.25, 0.3) is 11.3 Å². The van der Waals surface area contributed by atoms with Gasteiger partial charge in [-0.3, -0.25) is 19.6 Å². The van der Waals surface area contributed by atoms with Crippen molar-refractivity contribution in [1.29, 1.82) is 5.26 Å². The molecule has 2 aromatic carbocycles. The van der Waals surface area contributed by atoms with Gasteiger partial charge in [0.05, 0.1) is 22.8 Å². The van der Waals surface area contributed by atoms with Crippen LogP contribution in [0.15, 0.2) is 58.7 Å². The molecule has 0 aliphatic rings. The highest BCUT2D eigenvalue weighted by molar-refractivity contribution is 7.99. The number of H-pyrrole nitrogens is 1. The molecule has 0 radical (unpaired) electrons. The van der Waals surface area contributed by atoms with Crippen molar-refractivity contribution in [2.75, 3.05) is 18.2 Å². The Labute approximate surface area is 225 Å². The molecule has 0 fully saturated rings. The molecule has 0 atom stereocenters. The molecule has 0 unspecified atom stereocenters. The molecule has 0 saturated carbocycles. The van der Waals surface area contributed by atoms with Crippen LogP contribution in [0.1, 0.15) is 22.3 Å². The molecule has 2 heterocycles. The average Bonchev–Trinajstić information content (AvgIpc) is 3.34. The lowest BCUT2D eigenvalue weighted by atomic mass is 10.1. The van der Waals surface area contributed by atoms with Gasteiger partial charge in [0.2, 0.25) is 5.95 Å². The topological polar surface area (TPSA) is 139 Å². The summed E-state index contributed by atoms with van der Waals surface area (Å²) in [6.45, 7) is 0.520. The molecule has 4 aromatic rings. The third-order valence-corrected chi connectivity index (χ3v) is 6.77. The van der Waals surface area contributed by atoms with Crippen molar-refractivity contribution in [1.82, 2.24) is 24.7 Å². The number of nitriles is 1. The molecular weight excluding hydrogens is 537 g/mol. The van der Waals surface area contributed by atoms with Crippen molar-refractivity contribution in [3.05, 3.63) is 80.3 Å². The standard InChI is InChI=1S/C24H19Cl2N7O3S/c1-36-16-5-2-4-14(10-16)20-17(12-27)22(35)31-24(29-20)37-9-3-8-33-13-28-23(32-33)30-21(34)15-6-7-18(25)19(26)11-15/h2,4-7,10-11,13H,3,8-9H2,1H3,(H,29,31,35)(H,30,32,34). The first-order valence-electron chi connectivity index (χ1n) is 10.9. The number of nitrogens with zero attached hydrogens (tertiary/aromatic N) is 5. The monoisotopic (exact) mass is 555 g/mol. The van der Waals surface area contributed by atoms with Crippen LogP contribution in [0.3, 0.4) is 0 Å². The normalized spacial score (nSPS) is 10.6. The first-order chi connectivity index (χ1) is 17.9. The van der Waals surface area contributed by atoms with Crippen molar-refractivity contribution in [3.8, 4) is 23.1 Å². The SMILES string of the molecule is COc1cccc(-c2nc(SCCCn3cnc(NC(=O)c4ccc(Cl)c(Cl)c4)n3)[nH]c(=O)c2C#N)c1. The summed E-state index contributed by atoms with van der Waals surface area (Å²) in [5.41, 5.74) is 0.680. The number of halogens is 2. The third kappa shape index (κ3) is 6.48. The van der Waals surface area contributed by atoms with Crippen LogP contribution in [-0.2, 0) is 6.54 Å². The van der Waals surface area contributed by atoms with Gasteiger partial charge in [-0.15, -0.1) is 5.10 Å². The van der Waals surface area contributed by atoms with Crippen LogP contribution in [0.5, 0.6) is 5.75 Å². The number of hydrogen-bond donors (Lipinski definition) is 2. The number of carbonyl (C=O) groups excluding carboxylic acids is 1. The van der Waals surface area contributed by atoms with E-state index in [4.69, 9.17) is 27.9 Å². The number of methoxy groups -OCH3 is 1. The molecule has 2 N–H and O–H groups in total. The van der Waals surface area contributed by atoms with Crippen molar-refractivity contribution < 1.29 is 9.53 Å². The minimum atomic E-state index is -0.503. The van der Waals surface area contributed by atoms with E-state index in [1.807, 2.05) is 6.07 Å². The fourth-order valence-corrected chi connectivity index (χ4v) is 4.36. The Morgan fingerprint density at radius 1 is 1.24 bits per heavy atom. The molecule has 0 aliphatic heterocycles. The predicted octanol–water partition coefficient (Wildman–Crippen LogP) is 4.65. The molecule has 13 heteroatoms. The van der Waals surface area contributed by atoms with Gasteiger partial charge < -0.3 is 9.72 Å². The fraction of sp³-hybridized carbons (Fsp3) is 0.167. The van der Waals surface area contributed by atoms with E-state index in [0.717, 1.165) is 0 Å². The van der Waals surface area contributed by atoms with Crippen molar-refractivity contribution in [2.24, 2.45) is 0 Å². The Balaban J connectivity index is 1.35. The van der Waals surface area contributed by atoms with Crippen LogP contribution < -0.4 is 15.6 Å². The molecule has 0 aliphatic carbocycles. The molecule has 2 aromatic heterocycles. The predicted molar refractivity (Wildman–Crippen MR) is 141 cm³/mol. The van der Waals surface area contributed by atoms with Crippen LogP contribution >= 0.6 is 35.0 Å². The number of thioether (sulfide) groups is 1. The summed E-state index contributed by atoms with van der Waals surface area (Å²) < 4.78 is 6.84. The summed E-state index contributed by atoms with van der Waals surface area (Å²) in [5.74, 6) is 0.953. The van der Waals surface area contributed by atoms with E-state index in [0.29, 0.717) is 51.5 Å². The van der Waals surface area contributed by atoms with Gasteiger partial charge in [-0.2, -0.15) is 5.26 Å². The molecule has 0 bridgehead atoms. The maximum absolute atomic E-state index is 12.5. The number of aromatic amines is 1. The van der Waals surface area contributed by atoms with E-state index < -0.39 is 11.5 Å². The summed E-state index contributed by atoms with van der Waals surface area (Å²) in [5, 5.41) is 17.4. The molecule has 37 heavy (non-hydrogen) atoms. The quantitative estimate of drug-likeness (QED) is 0.173. The van der Waals surface area contributed by atoms with E-state index >= 15 is 0 Å². The number of aryl methyl sites for hydroxylation is 1. The summed E-state index contributed by atoms with van der Waals surface area (Å²) in [6, 6.07) is 13.5. The molecule has 188 valence electrons. The summed E-state index contributed by atoms with van der Waals surface area (Å²) in [7, 11) is 1.54. The van der Waals surface area contributed by atoms with Crippen LogP contribution in [0, 0.1) is 11.3 Å². The molecule has 4 rings (SSSR count). The highest BCUT2D eigenvalue weighted by atomic mass is 35.5. The van der Waals surface area contributed by atoms with Gasteiger partial charge in [0.1, 0.15) is 23.7 Å². The van der Waals surface area contributed by atoms with Gasteiger partial charge >= 0.3 is 0 Å². The highest BCUT2D eigenvalue weighted by Crippen LogP contribution is 2.26. The summed E-state index contributed by atoms with van der Waals surface area (Å²) in [6.07, 6.45) is 2.18. The number of benzene rings is 2. The highest BCUT2D eigenvalue weighted by Gasteiger charge is 2.15. The van der Waals surface area contributed by atoms with Crippen LogP contribution in [-0.4, -0.2) is 43.5 Å². The second kappa shape index (κ2) is 11.9.